The number of anilines is 1. The van der Waals surface area contributed by atoms with E-state index in [4.69, 9.17) is 4.84 Å². The lowest BCUT2D eigenvalue weighted by molar-refractivity contribution is -0.645. The highest BCUT2D eigenvalue weighted by Crippen LogP contribution is 2.54. The molecule has 1 aromatic heterocycles. The van der Waals surface area contributed by atoms with E-state index in [-0.39, 0.29) is 75.8 Å². The molecule has 0 radical (unpaired) electrons. The molecule has 3 heterocycles. The minimum Gasteiger partial charge on any atom is -0.341 e. The lowest BCUT2D eigenvalue weighted by Gasteiger charge is -2.30. The first-order chi connectivity index (χ1) is 29.3. The number of rotatable bonds is 19. The Labute approximate surface area is 356 Å². The summed E-state index contributed by atoms with van der Waals surface area (Å²) in [4.78, 5) is 42.4. The van der Waals surface area contributed by atoms with Gasteiger partial charge in [0.2, 0.25) is 11.0 Å². The Hall–Kier alpha value is -5.24. The van der Waals surface area contributed by atoms with Crippen LogP contribution in [0.1, 0.15) is 88.7 Å². The molecule has 1 atom stereocenters. The lowest BCUT2D eigenvalue weighted by atomic mass is 9.76. The molecule has 19 heteroatoms. The summed E-state index contributed by atoms with van der Waals surface area (Å²) < 4.78 is 129. The second-order valence-electron chi connectivity index (χ2n) is 15.6. The van der Waals surface area contributed by atoms with Crippen molar-refractivity contribution in [3.63, 3.8) is 0 Å². The monoisotopic (exact) mass is 904 g/mol. The Morgan fingerprint density at radius 2 is 1.34 bits per heavy atom. The smallest absolute Gasteiger partial charge is 0.333 e. The molecular weight excluding hydrogens is 859 g/mol. The summed E-state index contributed by atoms with van der Waals surface area (Å²) in [5.41, 5.74) is 0.0930. The third-order valence-corrected chi connectivity index (χ3v) is 12.8. The minimum atomic E-state index is -4.37. The number of allylic oxidation sites excluding steroid dienone is 3. The Kier molecular flexibility index (Phi) is 14.2. The zero-order valence-corrected chi connectivity index (χ0v) is 35.4. The molecule has 2 amide bonds. The molecule has 2 aliphatic rings. The Morgan fingerprint density at radius 1 is 0.774 bits per heavy atom. The number of carbonyl (C=O) groups excluding carboxylic acids is 3. The van der Waals surface area contributed by atoms with Crippen LogP contribution in [0.5, 0.6) is 0 Å². The van der Waals surface area contributed by atoms with Crippen molar-refractivity contribution in [2.75, 3.05) is 23.0 Å². The van der Waals surface area contributed by atoms with Gasteiger partial charge in [-0.2, -0.15) is 21.4 Å². The highest BCUT2D eigenvalue weighted by Gasteiger charge is 2.49. The highest BCUT2D eigenvalue weighted by atomic mass is 32.2. The molecule has 1 saturated heterocycles. The van der Waals surface area contributed by atoms with Crippen LogP contribution in [0.15, 0.2) is 66.4 Å². The van der Waals surface area contributed by atoms with Gasteiger partial charge >= 0.3 is 5.97 Å². The fourth-order valence-corrected chi connectivity index (χ4v) is 9.46. The van der Waals surface area contributed by atoms with Crippen LogP contribution in [0.3, 0.4) is 0 Å². The standard InChI is InChI=1S/C43H45F4N3O10S2/c1-43(23-8-2-3-20-36(53)60-50-34(51)21-22-35(50)52)33(49(25-10-12-27-62(57,58)59)42-37(43)38(44)39(45)40(46)41(42)47)19-13-16-28-29-14-4-6-17-31(29)48(24-9-11-26-61(54,55)56)32-18-7-5-15-30(28)32/h4-7,13-19H,2-3,8-12,20-27H2,1H3,(H-,54,55,56,57,58,59)/p+1. The van der Waals surface area contributed by atoms with Gasteiger partial charge in [-0.1, -0.05) is 49.3 Å². The number of aryl methyl sites for hydroxylation is 1. The first-order valence-electron chi connectivity index (χ1n) is 20.2. The van der Waals surface area contributed by atoms with Crippen LogP contribution in [-0.4, -0.2) is 66.8 Å². The van der Waals surface area contributed by atoms with E-state index in [9.17, 15) is 40.3 Å². The molecular formula is C43H46F4N3O10S2+. The maximum absolute atomic E-state index is 16.1. The van der Waals surface area contributed by atoms with Gasteiger partial charge in [0.1, 0.15) is 6.54 Å². The first kappa shape index (κ1) is 46.3. The van der Waals surface area contributed by atoms with Crippen molar-refractivity contribution in [3.05, 3.63) is 101 Å². The summed E-state index contributed by atoms with van der Waals surface area (Å²) in [6, 6.07) is 15.0. The molecule has 0 aliphatic carbocycles. The van der Waals surface area contributed by atoms with Gasteiger partial charge in [0.25, 0.3) is 32.1 Å². The Morgan fingerprint density at radius 3 is 1.94 bits per heavy atom. The quantitative estimate of drug-likeness (QED) is 0.0140. The van der Waals surface area contributed by atoms with Gasteiger partial charge in [-0.3, -0.25) is 18.7 Å². The summed E-state index contributed by atoms with van der Waals surface area (Å²) in [5, 5.41) is 2.04. The summed E-state index contributed by atoms with van der Waals surface area (Å²) in [6.45, 7) is 1.81. The summed E-state index contributed by atoms with van der Waals surface area (Å²) in [5.74, 6) is -10.3. The van der Waals surface area contributed by atoms with Crippen LogP contribution < -0.4 is 9.47 Å². The highest BCUT2D eigenvalue weighted by molar-refractivity contribution is 7.86. The number of hydrogen-bond acceptors (Lipinski definition) is 9. The SMILES string of the molecule is CC1(CCCCCC(=O)ON2C(=O)CCC2=O)C(=CC=Cc2c3ccccc3[n+](CCCCS(=O)(=O)O)c3ccccc23)N(CCCCS(=O)(=O)O)c2c(F)c(F)c(F)c(F)c21. The van der Waals surface area contributed by atoms with Gasteiger partial charge in [-0.25, -0.2) is 22.4 Å². The number of amides is 2. The van der Waals surface area contributed by atoms with Crippen molar-refractivity contribution in [1.29, 1.82) is 0 Å². The number of hydrogen-bond donors (Lipinski definition) is 2. The molecule has 4 aromatic rings. The molecule has 2 N–H and O–H groups in total. The molecule has 0 bridgehead atoms. The molecule has 332 valence electrons. The van der Waals surface area contributed by atoms with Gasteiger partial charge in [0.05, 0.1) is 28.0 Å². The van der Waals surface area contributed by atoms with Crippen LogP contribution in [0.25, 0.3) is 27.9 Å². The van der Waals surface area contributed by atoms with Crippen molar-refractivity contribution < 1.29 is 67.3 Å². The number of unbranched alkanes of at least 4 members (excludes halogenated alkanes) is 4. The Bertz CT molecular complexity index is 2640. The molecule has 0 saturated carbocycles. The van der Waals surface area contributed by atoms with Crippen LogP contribution >= 0.6 is 0 Å². The summed E-state index contributed by atoms with van der Waals surface area (Å²) >= 11 is 0. The second-order valence-corrected chi connectivity index (χ2v) is 18.7. The average molecular weight is 905 g/mol. The van der Waals surface area contributed by atoms with E-state index in [1.165, 1.54) is 4.90 Å². The average Bonchev–Trinajstić information content (AvgIpc) is 3.66. The topological polar surface area (TPSA) is 180 Å². The minimum absolute atomic E-state index is 0.0126. The number of carbonyl (C=O) groups is 3. The number of nitrogens with zero attached hydrogens (tertiary/aromatic N) is 3. The predicted molar refractivity (Wildman–Crippen MR) is 221 cm³/mol. The number of aromatic nitrogens is 1. The van der Waals surface area contributed by atoms with Gasteiger partial charge in [0.15, 0.2) is 23.3 Å². The van der Waals surface area contributed by atoms with E-state index in [1.54, 1.807) is 25.2 Å². The van der Waals surface area contributed by atoms with Gasteiger partial charge < -0.3 is 9.74 Å². The molecule has 6 rings (SSSR count). The molecule has 1 fully saturated rings. The van der Waals surface area contributed by atoms with Crippen LogP contribution in [0.4, 0.5) is 23.2 Å². The fourth-order valence-electron chi connectivity index (χ4n) is 8.33. The first-order valence-corrected chi connectivity index (χ1v) is 23.4. The number of benzene rings is 3. The molecule has 13 nitrogen and oxygen atoms in total. The van der Waals surface area contributed by atoms with Crippen molar-refractivity contribution in [1.82, 2.24) is 5.06 Å². The maximum Gasteiger partial charge on any atom is 0.333 e. The maximum atomic E-state index is 16.1. The van der Waals surface area contributed by atoms with Gasteiger partial charge in [0, 0.05) is 66.6 Å². The number of imide groups is 1. The zero-order chi connectivity index (χ0) is 45.0. The number of para-hydroxylation sites is 2. The zero-order valence-electron chi connectivity index (χ0n) is 33.8. The van der Waals surface area contributed by atoms with E-state index in [2.05, 4.69) is 0 Å². The molecule has 62 heavy (non-hydrogen) atoms. The van der Waals surface area contributed by atoms with E-state index in [0.29, 0.717) is 24.4 Å². The number of fused-ring (bicyclic) bond motifs is 3. The fraction of sp³-hybridized carbons (Fsp3) is 0.395. The normalized spacial score (nSPS) is 17.7. The third-order valence-electron chi connectivity index (χ3n) is 11.2. The number of hydroxylamine groups is 2. The van der Waals surface area contributed by atoms with Gasteiger partial charge in [-0.05, 0) is 57.2 Å². The predicted octanol–water partition coefficient (Wildman–Crippen LogP) is 7.41. The third kappa shape index (κ3) is 10.2. The lowest BCUT2D eigenvalue weighted by Crippen LogP contribution is -2.36. The van der Waals surface area contributed by atoms with Crippen molar-refractivity contribution in [3.8, 4) is 0 Å². The van der Waals surface area contributed by atoms with E-state index in [0.717, 1.165) is 27.4 Å². The van der Waals surface area contributed by atoms with E-state index < -0.39 is 83.7 Å². The van der Waals surface area contributed by atoms with Gasteiger partial charge in [-0.15, -0.1) is 5.06 Å². The Balaban J connectivity index is 1.37. The summed E-state index contributed by atoms with van der Waals surface area (Å²) in [7, 11) is -8.50. The van der Waals surface area contributed by atoms with Crippen LogP contribution in [-0.2, 0) is 51.4 Å². The van der Waals surface area contributed by atoms with Crippen LogP contribution in [0.2, 0.25) is 0 Å². The molecule has 2 aliphatic heterocycles. The van der Waals surface area contributed by atoms with E-state index >= 15 is 17.6 Å². The molecule has 3 aromatic carbocycles. The molecule has 1 unspecified atom stereocenters. The molecule has 0 spiro atoms. The van der Waals surface area contributed by atoms with Crippen molar-refractivity contribution in [2.45, 2.75) is 89.5 Å². The summed E-state index contributed by atoms with van der Waals surface area (Å²) in [6.07, 6.45) is 6.09. The van der Waals surface area contributed by atoms with Crippen LogP contribution in [0, 0.1) is 23.3 Å². The van der Waals surface area contributed by atoms with E-state index in [1.807, 2.05) is 53.1 Å². The number of pyridine rings is 1. The number of halogens is 4. The largest absolute Gasteiger partial charge is 0.341 e. The second kappa shape index (κ2) is 19.0. The van der Waals surface area contributed by atoms with Crippen molar-refractivity contribution in [2.24, 2.45) is 0 Å². The van der Waals surface area contributed by atoms with Crippen molar-refractivity contribution >= 4 is 71.6 Å².